The van der Waals surface area contributed by atoms with Gasteiger partial charge >= 0.3 is 5.97 Å². The summed E-state index contributed by atoms with van der Waals surface area (Å²) >= 11 is 0. The van der Waals surface area contributed by atoms with Crippen molar-refractivity contribution < 1.29 is 23.9 Å². The lowest BCUT2D eigenvalue weighted by Crippen LogP contribution is -2.42. The molecule has 154 valence electrons. The Morgan fingerprint density at radius 3 is 2.14 bits per heavy atom. The number of amides is 2. The Hall–Kier alpha value is -3.35. The SMILES string of the molecule is CC(C)c1ccc(NC(=O)COC(=O)[C@H](C)NC(=O)COc2ccccc2)cc1. The van der Waals surface area contributed by atoms with Crippen molar-refractivity contribution in [2.75, 3.05) is 18.5 Å². The molecule has 0 radical (unpaired) electrons. The van der Waals surface area contributed by atoms with Crippen LogP contribution in [0.15, 0.2) is 54.6 Å². The molecule has 7 heteroatoms. The number of benzene rings is 2. The van der Waals surface area contributed by atoms with Crippen molar-refractivity contribution >= 4 is 23.5 Å². The Kier molecular flexibility index (Phi) is 8.21. The van der Waals surface area contributed by atoms with Crippen LogP contribution in [0.25, 0.3) is 0 Å². The molecule has 0 spiro atoms. The number of carbonyl (C=O) groups excluding carboxylic acids is 3. The van der Waals surface area contributed by atoms with Gasteiger partial charge in [0.15, 0.2) is 13.2 Å². The molecule has 2 N–H and O–H groups in total. The molecule has 0 aliphatic carbocycles. The first kappa shape index (κ1) is 21.9. The summed E-state index contributed by atoms with van der Waals surface area (Å²) in [6.07, 6.45) is 0. The molecule has 0 fully saturated rings. The van der Waals surface area contributed by atoms with Crippen LogP contribution in [0.3, 0.4) is 0 Å². The molecule has 7 nitrogen and oxygen atoms in total. The average molecular weight is 398 g/mol. The van der Waals surface area contributed by atoms with E-state index in [0.29, 0.717) is 17.4 Å². The third-order valence-corrected chi connectivity index (χ3v) is 4.05. The van der Waals surface area contributed by atoms with Gasteiger partial charge in [-0.2, -0.15) is 0 Å². The molecule has 0 heterocycles. The van der Waals surface area contributed by atoms with E-state index in [1.54, 1.807) is 36.4 Å². The normalized spacial score (nSPS) is 11.4. The largest absolute Gasteiger partial charge is 0.484 e. The van der Waals surface area contributed by atoms with Crippen molar-refractivity contribution in [3.8, 4) is 5.75 Å². The molecule has 2 aromatic carbocycles. The number of anilines is 1. The maximum Gasteiger partial charge on any atom is 0.328 e. The Morgan fingerprint density at radius 1 is 0.862 bits per heavy atom. The van der Waals surface area contributed by atoms with Crippen LogP contribution in [-0.2, 0) is 19.1 Å². The van der Waals surface area contributed by atoms with E-state index in [9.17, 15) is 14.4 Å². The summed E-state index contributed by atoms with van der Waals surface area (Å²) in [5.41, 5.74) is 1.78. The molecule has 0 saturated carbocycles. The first-order chi connectivity index (χ1) is 13.8. The molecule has 2 rings (SSSR count). The molecular weight excluding hydrogens is 372 g/mol. The zero-order valence-corrected chi connectivity index (χ0v) is 16.8. The molecule has 0 bridgehead atoms. The smallest absolute Gasteiger partial charge is 0.328 e. The predicted molar refractivity (Wildman–Crippen MR) is 110 cm³/mol. The van der Waals surface area contributed by atoms with Gasteiger partial charge in [-0.3, -0.25) is 9.59 Å². The number of esters is 1. The fourth-order valence-corrected chi connectivity index (χ4v) is 2.42. The van der Waals surface area contributed by atoms with Crippen molar-refractivity contribution in [2.45, 2.75) is 32.7 Å². The molecule has 1 atom stereocenters. The lowest BCUT2D eigenvalue weighted by molar-refractivity contribution is -0.150. The lowest BCUT2D eigenvalue weighted by atomic mass is 10.0. The lowest BCUT2D eigenvalue weighted by Gasteiger charge is -2.14. The zero-order valence-electron chi connectivity index (χ0n) is 16.8. The van der Waals surface area contributed by atoms with Crippen molar-refractivity contribution in [2.24, 2.45) is 0 Å². The number of para-hydroxylation sites is 1. The van der Waals surface area contributed by atoms with E-state index in [1.165, 1.54) is 6.92 Å². The molecule has 2 amide bonds. The second kappa shape index (κ2) is 10.8. The molecule has 2 aromatic rings. The van der Waals surface area contributed by atoms with Crippen molar-refractivity contribution in [3.05, 3.63) is 60.2 Å². The molecule has 29 heavy (non-hydrogen) atoms. The third kappa shape index (κ3) is 7.65. The van der Waals surface area contributed by atoms with Gasteiger partial charge in [-0.05, 0) is 42.7 Å². The van der Waals surface area contributed by atoms with Gasteiger partial charge in [0.25, 0.3) is 11.8 Å². The highest BCUT2D eigenvalue weighted by atomic mass is 16.5. The van der Waals surface area contributed by atoms with E-state index in [2.05, 4.69) is 24.5 Å². The highest BCUT2D eigenvalue weighted by Crippen LogP contribution is 2.17. The molecule has 0 saturated heterocycles. The summed E-state index contributed by atoms with van der Waals surface area (Å²) < 4.78 is 10.3. The number of rotatable bonds is 9. The van der Waals surface area contributed by atoms with Crippen LogP contribution in [0.4, 0.5) is 5.69 Å². The minimum absolute atomic E-state index is 0.228. The minimum Gasteiger partial charge on any atom is -0.484 e. The van der Waals surface area contributed by atoms with Gasteiger partial charge in [0.05, 0.1) is 0 Å². The first-order valence-corrected chi connectivity index (χ1v) is 9.39. The predicted octanol–water partition coefficient (Wildman–Crippen LogP) is 2.88. The summed E-state index contributed by atoms with van der Waals surface area (Å²) in [5.74, 6) is -0.676. The quantitative estimate of drug-likeness (QED) is 0.634. The van der Waals surface area contributed by atoms with Crippen LogP contribution in [0, 0.1) is 0 Å². The van der Waals surface area contributed by atoms with Crippen LogP contribution >= 0.6 is 0 Å². The van der Waals surface area contributed by atoms with Crippen molar-refractivity contribution in [3.63, 3.8) is 0 Å². The van der Waals surface area contributed by atoms with E-state index in [4.69, 9.17) is 9.47 Å². The Balaban J connectivity index is 1.70. The topological polar surface area (TPSA) is 93.7 Å². The number of hydrogen-bond donors (Lipinski definition) is 2. The highest BCUT2D eigenvalue weighted by Gasteiger charge is 2.18. The van der Waals surface area contributed by atoms with E-state index in [1.807, 2.05) is 18.2 Å². The average Bonchev–Trinajstić information content (AvgIpc) is 2.71. The maximum atomic E-state index is 12.0. The van der Waals surface area contributed by atoms with E-state index >= 15 is 0 Å². The molecule has 0 unspecified atom stereocenters. The molecule has 0 aliphatic heterocycles. The highest BCUT2D eigenvalue weighted by molar-refractivity contribution is 5.93. The van der Waals surface area contributed by atoms with Gasteiger partial charge in [0.1, 0.15) is 11.8 Å². The van der Waals surface area contributed by atoms with Gasteiger partial charge in [-0.25, -0.2) is 4.79 Å². The zero-order chi connectivity index (χ0) is 21.2. The van der Waals surface area contributed by atoms with Crippen LogP contribution in [0.5, 0.6) is 5.75 Å². The fourth-order valence-electron chi connectivity index (χ4n) is 2.42. The number of ether oxygens (including phenoxy) is 2. The van der Waals surface area contributed by atoms with Crippen molar-refractivity contribution in [1.82, 2.24) is 5.32 Å². The maximum absolute atomic E-state index is 12.0. The molecule has 0 aliphatic rings. The summed E-state index contributed by atoms with van der Waals surface area (Å²) in [6, 6.07) is 15.4. The van der Waals surface area contributed by atoms with E-state index in [-0.39, 0.29) is 6.61 Å². The second-order valence-corrected chi connectivity index (χ2v) is 6.82. The molecule has 0 aromatic heterocycles. The van der Waals surface area contributed by atoms with Gasteiger partial charge < -0.3 is 20.1 Å². The third-order valence-electron chi connectivity index (χ3n) is 4.05. The summed E-state index contributed by atoms with van der Waals surface area (Å²) in [4.78, 5) is 35.8. The van der Waals surface area contributed by atoms with Gasteiger partial charge in [-0.15, -0.1) is 0 Å². The number of carbonyl (C=O) groups is 3. The Labute approximate surface area is 170 Å². The molecular formula is C22H26N2O5. The summed E-state index contributed by atoms with van der Waals surface area (Å²) in [7, 11) is 0. The standard InChI is InChI=1S/C22H26N2O5/c1-15(2)17-9-11-18(12-10-17)24-21(26)14-29-22(27)16(3)23-20(25)13-28-19-7-5-4-6-8-19/h4-12,15-16H,13-14H2,1-3H3,(H,23,25)(H,24,26)/t16-/m0/s1. The Bertz CT molecular complexity index is 819. The summed E-state index contributed by atoms with van der Waals surface area (Å²) in [6.45, 7) is 4.98. The van der Waals surface area contributed by atoms with Crippen LogP contribution in [0.2, 0.25) is 0 Å². The van der Waals surface area contributed by atoms with Crippen LogP contribution in [0.1, 0.15) is 32.3 Å². The van der Waals surface area contributed by atoms with Crippen molar-refractivity contribution in [1.29, 1.82) is 0 Å². The van der Waals surface area contributed by atoms with E-state index < -0.39 is 30.4 Å². The first-order valence-electron chi connectivity index (χ1n) is 9.39. The van der Waals surface area contributed by atoms with Gasteiger partial charge in [0.2, 0.25) is 0 Å². The second-order valence-electron chi connectivity index (χ2n) is 6.82. The Morgan fingerprint density at radius 2 is 1.52 bits per heavy atom. The monoisotopic (exact) mass is 398 g/mol. The van der Waals surface area contributed by atoms with E-state index in [0.717, 1.165) is 5.56 Å². The van der Waals surface area contributed by atoms with Gasteiger partial charge in [0, 0.05) is 5.69 Å². The van der Waals surface area contributed by atoms with Crippen LogP contribution in [-0.4, -0.2) is 37.0 Å². The van der Waals surface area contributed by atoms with Crippen LogP contribution < -0.4 is 15.4 Å². The number of nitrogens with one attached hydrogen (secondary N) is 2. The fraction of sp³-hybridized carbons (Fsp3) is 0.318. The number of hydrogen-bond acceptors (Lipinski definition) is 5. The summed E-state index contributed by atoms with van der Waals surface area (Å²) in [5, 5.41) is 5.13. The van der Waals surface area contributed by atoms with Gasteiger partial charge in [-0.1, -0.05) is 44.2 Å². The minimum atomic E-state index is -0.903.